The lowest BCUT2D eigenvalue weighted by Gasteiger charge is -2.17. The van der Waals surface area contributed by atoms with Crippen molar-refractivity contribution >= 4 is 17.7 Å². The highest BCUT2D eigenvalue weighted by atomic mass is 32.2. The van der Waals surface area contributed by atoms with Gasteiger partial charge in [-0.05, 0) is 25.0 Å². The van der Waals surface area contributed by atoms with Gasteiger partial charge < -0.3 is 0 Å². The molecule has 0 spiro atoms. The molecular formula is C8H13NO2S. The van der Waals surface area contributed by atoms with Gasteiger partial charge in [0, 0.05) is 0 Å². The molecule has 68 valence electrons. The summed E-state index contributed by atoms with van der Waals surface area (Å²) in [6.45, 7) is 1.50. The summed E-state index contributed by atoms with van der Waals surface area (Å²) in [5.74, 6) is 1.32. The Kier molecular flexibility index (Phi) is 2.56. The van der Waals surface area contributed by atoms with Gasteiger partial charge in [0.25, 0.3) is 5.91 Å². The van der Waals surface area contributed by atoms with Gasteiger partial charge in [-0.15, -0.1) is 11.8 Å². The maximum atomic E-state index is 11.6. The average Bonchev–Trinajstić information content (AvgIpc) is 2.77. The fourth-order valence-electron chi connectivity index (χ4n) is 1.55. The quantitative estimate of drug-likeness (QED) is 0.614. The number of hydrogen-bond donors (Lipinski definition) is 0. The van der Waals surface area contributed by atoms with Gasteiger partial charge in [0.15, 0.2) is 0 Å². The third-order valence-electron chi connectivity index (χ3n) is 2.20. The summed E-state index contributed by atoms with van der Waals surface area (Å²) in [6.07, 6.45) is 3.20. The molecule has 2 aliphatic rings. The minimum Gasteiger partial charge on any atom is -0.271 e. The van der Waals surface area contributed by atoms with Crippen LogP contribution in [0.15, 0.2) is 0 Å². The van der Waals surface area contributed by atoms with Gasteiger partial charge in [-0.3, -0.25) is 9.63 Å². The Morgan fingerprint density at radius 3 is 3.00 bits per heavy atom. The van der Waals surface area contributed by atoms with Crippen LogP contribution in [0.25, 0.3) is 0 Å². The van der Waals surface area contributed by atoms with Crippen LogP contribution in [-0.4, -0.2) is 35.1 Å². The molecule has 2 fully saturated rings. The lowest BCUT2D eigenvalue weighted by atomic mass is 10.2. The Morgan fingerprint density at radius 1 is 1.50 bits per heavy atom. The number of rotatable bonds is 1. The van der Waals surface area contributed by atoms with Crippen molar-refractivity contribution in [3.63, 3.8) is 0 Å². The van der Waals surface area contributed by atoms with E-state index in [1.807, 2.05) is 0 Å². The Labute approximate surface area is 76.4 Å². The first-order valence-corrected chi connectivity index (χ1v) is 5.49. The average molecular weight is 187 g/mol. The van der Waals surface area contributed by atoms with E-state index in [1.165, 1.54) is 6.42 Å². The Hall–Kier alpha value is -0.220. The molecule has 0 radical (unpaired) electrons. The molecule has 0 N–H and O–H groups in total. The third-order valence-corrected chi connectivity index (χ3v) is 3.57. The van der Waals surface area contributed by atoms with Crippen LogP contribution in [0.5, 0.6) is 0 Å². The summed E-state index contributed by atoms with van der Waals surface area (Å²) in [4.78, 5) is 16.8. The van der Waals surface area contributed by atoms with E-state index in [2.05, 4.69) is 0 Å². The molecule has 0 saturated carbocycles. The molecule has 1 atom stereocenters. The number of amides is 1. The highest BCUT2D eigenvalue weighted by Gasteiger charge is 2.30. The van der Waals surface area contributed by atoms with Crippen molar-refractivity contribution in [1.82, 2.24) is 5.06 Å². The van der Waals surface area contributed by atoms with Crippen LogP contribution < -0.4 is 0 Å². The minimum atomic E-state index is 0.183. The van der Waals surface area contributed by atoms with Gasteiger partial charge in [0.05, 0.1) is 18.4 Å². The third kappa shape index (κ3) is 1.59. The molecule has 3 nitrogen and oxygen atoms in total. The van der Waals surface area contributed by atoms with Crippen LogP contribution in [0.1, 0.15) is 19.3 Å². The van der Waals surface area contributed by atoms with Gasteiger partial charge in [0.1, 0.15) is 0 Å². The largest absolute Gasteiger partial charge is 0.271 e. The van der Waals surface area contributed by atoms with E-state index >= 15 is 0 Å². The van der Waals surface area contributed by atoms with E-state index < -0.39 is 0 Å². The van der Waals surface area contributed by atoms with E-state index in [9.17, 15) is 4.79 Å². The number of hydroxylamine groups is 2. The summed E-state index contributed by atoms with van der Waals surface area (Å²) < 4.78 is 0. The molecule has 0 aliphatic carbocycles. The van der Waals surface area contributed by atoms with E-state index in [0.717, 1.165) is 25.1 Å². The fourth-order valence-corrected chi connectivity index (χ4v) is 2.77. The molecule has 2 heterocycles. The van der Waals surface area contributed by atoms with Crippen LogP contribution >= 0.6 is 11.8 Å². The predicted molar refractivity (Wildman–Crippen MR) is 47.8 cm³/mol. The maximum absolute atomic E-state index is 11.6. The SMILES string of the molecule is O=C(C1CCCS1)N1CCCO1. The number of nitrogens with zero attached hydrogens (tertiary/aromatic N) is 1. The molecule has 0 aromatic rings. The second-order valence-corrected chi connectivity index (χ2v) is 4.44. The zero-order valence-electron chi connectivity index (χ0n) is 6.99. The first kappa shape index (κ1) is 8.38. The zero-order valence-corrected chi connectivity index (χ0v) is 7.81. The summed E-state index contributed by atoms with van der Waals surface area (Å²) in [5, 5.41) is 1.73. The van der Waals surface area contributed by atoms with Crippen molar-refractivity contribution in [2.45, 2.75) is 24.5 Å². The lowest BCUT2D eigenvalue weighted by molar-refractivity contribution is -0.168. The Morgan fingerprint density at radius 2 is 2.42 bits per heavy atom. The Bertz CT molecular complexity index is 156. The van der Waals surface area contributed by atoms with E-state index in [1.54, 1.807) is 16.8 Å². The topological polar surface area (TPSA) is 29.5 Å². The summed E-state index contributed by atoms with van der Waals surface area (Å²) in [7, 11) is 0. The molecular weight excluding hydrogens is 174 g/mol. The lowest BCUT2D eigenvalue weighted by Crippen LogP contribution is -2.33. The molecule has 0 bridgehead atoms. The van der Waals surface area contributed by atoms with Gasteiger partial charge in [0.2, 0.25) is 0 Å². The number of carbonyl (C=O) groups excluding carboxylic acids is 1. The van der Waals surface area contributed by atoms with Crippen molar-refractivity contribution < 1.29 is 9.63 Å². The molecule has 1 amide bonds. The highest BCUT2D eigenvalue weighted by Crippen LogP contribution is 2.28. The van der Waals surface area contributed by atoms with Gasteiger partial charge in [-0.1, -0.05) is 0 Å². The van der Waals surface area contributed by atoms with Gasteiger partial charge in [-0.2, -0.15) is 0 Å². The van der Waals surface area contributed by atoms with Crippen molar-refractivity contribution in [2.24, 2.45) is 0 Å². The second-order valence-electron chi connectivity index (χ2n) is 3.13. The summed E-state index contributed by atoms with van der Waals surface area (Å²) in [6, 6.07) is 0. The van der Waals surface area contributed by atoms with Crippen molar-refractivity contribution in [3.05, 3.63) is 0 Å². The van der Waals surface area contributed by atoms with Crippen LogP contribution in [0, 0.1) is 0 Å². The molecule has 0 aromatic carbocycles. The normalized spacial score (nSPS) is 29.7. The van der Waals surface area contributed by atoms with Crippen molar-refractivity contribution in [2.75, 3.05) is 18.9 Å². The molecule has 2 aliphatic heterocycles. The number of hydrogen-bond acceptors (Lipinski definition) is 3. The molecule has 1 unspecified atom stereocenters. The van der Waals surface area contributed by atoms with Crippen molar-refractivity contribution in [3.8, 4) is 0 Å². The maximum Gasteiger partial charge on any atom is 0.259 e. The standard InChI is InChI=1S/C8H13NO2S/c10-8(7-3-1-6-12-7)9-4-2-5-11-9/h7H,1-6H2. The van der Waals surface area contributed by atoms with Gasteiger partial charge >= 0.3 is 0 Å². The summed E-state index contributed by atoms with van der Waals surface area (Å²) >= 11 is 1.77. The van der Waals surface area contributed by atoms with Crippen LogP contribution in [0.4, 0.5) is 0 Å². The first-order chi connectivity index (χ1) is 5.88. The van der Waals surface area contributed by atoms with E-state index in [0.29, 0.717) is 6.61 Å². The zero-order chi connectivity index (χ0) is 8.39. The molecule has 12 heavy (non-hydrogen) atoms. The molecule has 2 saturated heterocycles. The second kappa shape index (κ2) is 3.66. The molecule has 2 rings (SSSR count). The molecule has 4 heteroatoms. The fraction of sp³-hybridized carbons (Fsp3) is 0.875. The van der Waals surface area contributed by atoms with E-state index in [4.69, 9.17) is 4.84 Å². The molecule has 0 aromatic heterocycles. The summed E-state index contributed by atoms with van der Waals surface area (Å²) in [5.41, 5.74) is 0. The van der Waals surface area contributed by atoms with E-state index in [-0.39, 0.29) is 11.2 Å². The van der Waals surface area contributed by atoms with Crippen LogP contribution in [-0.2, 0) is 9.63 Å². The first-order valence-electron chi connectivity index (χ1n) is 4.44. The predicted octanol–water partition coefficient (Wildman–Crippen LogP) is 1.05. The smallest absolute Gasteiger partial charge is 0.259 e. The number of thioether (sulfide) groups is 1. The highest BCUT2D eigenvalue weighted by molar-refractivity contribution is 8.00. The van der Waals surface area contributed by atoms with Crippen LogP contribution in [0.3, 0.4) is 0 Å². The van der Waals surface area contributed by atoms with Gasteiger partial charge in [-0.25, -0.2) is 5.06 Å². The minimum absolute atomic E-state index is 0.183. The Balaban J connectivity index is 1.89. The monoisotopic (exact) mass is 187 g/mol. The van der Waals surface area contributed by atoms with Crippen molar-refractivity contribution in [1.29, 1.82) is 0 Å². The van der Waals surface area contributed by atoms with Crippen LogP contribution in [0.2, 0.25) is 0 Å². The number of carbonyl (C=O) groups is 1.